The van der Waals surface area contributed by atoms with Crippen molar-refractivity contribution in [1.29, 1.82) is 0 Å². The predicted octanol–water partition coefficient (Wildman–Crippen LogP) is 4.79. The molecule has 0 unspecified atom stereocenters. The zero-order valence-corrected chi connectivity index (χ0v) is 16.3. The normalized spacial score (nSPS) is 10.5. The second kappa shape index (κ2) is 8.33. The summed E-state index contributed by atoms with van der Waals surface area (Å²) in [6.07, 6.45) is 0.00416. The van der Waals surface area contributed by atoms with E-state index in [1.165, 1.54) is 11.3 Å². The molecule has 0 aliphatic rings. The van der Waals surface area contributed by atoms with Gasteiger partial charge in [0.05, 0.1) is 24.8 Å². The fourth-order valence-electron chi connectivity index (χ4n) is 2.38. The van der Waals surface area contributed by atoms with Gasteiger partial charge in [-0.2, -0.15) is 0 Å². The SMILES string of the molecule is COc1ccc(Br)cc1-c1nc(COc2ccc(CC(=O)O)cc2)cs1. The molecule has 0 amide bonds. The minimum Gasteiger partial charge on any atom is -0.496 e. The van der Waals surface area contributed by atoms with Gasteiger partial charge in [0, 0.05) is 9.85 Å². The van der Waals surface area contributed by atoms with Crippen LogP contribution >= 0.6 is 27.3 Å². The highest BCUT2D eigenvalue weighted by molar-refractivity contribution is 9.10. The van der Waals surface area contributed by atoms with Crippen LogP contribution in [0.3, 0.4) is 0 Å². The lowest BCUT2D eigenvalue weighted by Gasteiger charge is -2.06. The molecule has 1 heterocycles. The largest absolute Gasteiger partial charge is 0.496 e. The monoisotopic (exact) mass is 433 g/mol. The molecule has 0 spiro atoms. The van der Waals surface area contributed by atoms with Gasteiger partial charge in [-0.3, -0.25) is 4.79 Å². The molecule has 5 nitrogen and oxygen atoms in total. The zero-order valence-electron chi connectivity index (χ0n) is 13.9. The summed E-state index contributed by atoms with van der Waals surface area (Å²) < 4.78 is 12.1. The molecule has 0 fully saturated rings. The molecule has 7 heteroatoms. The van der Waals surface area contributed by atoms with E-state index in [-0.39, 0.29) is 6.42 Å². The summed E-state index contributed by atoms with van der Waals surface area (Å²) in [5.74, 6) is 0.592. The summed E-state index contributed by atoms with van der Waals surface area (Å²) in [6, 6.07) is 12.8. The van der Waals surface area contributed by atoms with E-state index < -0.39 is 5.97 Å². The third-order valence-electron chi connectivity index (χ3n) is 3.61. The Labute approximate surface area is 163 Å². The van der Waals surface area contributed by atoms with E-state index in [1.54, 1.807) is 31.4 Å². The number of methoxy groups -OCH3 is 1. The van der Waals surface area contributed by atoms with Crippen LogP contribution in [0.25, 0.3) is 10.6 Å². The molecule has 0 saturated heterocycles. The summed E-state index contributed by atoms with van der Waals surface area (Å²) >= 11 is 5.00. The van der Waals surface area contributed by atoms with Gasteiger partial charge < -0.3 is 14.6 Å². The number of halogens is 1. The van der Waals surface area contributed by atoms with Crippen LogP contribution < -0.4 is 9.47 Å². The number of nitrogens with zero attached hydrogens (tertiary/aromatic N) is 1. The standard InChI is InChI=1S/C19H16BrNO4S/c1-24-17-7-4-13(20)9-16(17)19-21-14(11-26-19)10-25-15-5-2-12(3-6-15)8-18(22)23/h2-7,9,11H,8,10H2,1H3,(H,22,23). The molecule has 1 aromatic heterocycles. The highest BCUT2D eigenvalue weighted by atomic mass is 79.9. The first-order valence-corrected chi connectivity index (χ1v) is 9.44. The molecular weight excluding hydrogens is 418 g/mol. The first-order chi connectivity index (χ1) is 12.5. The van der Waals surface area contributed by atoms with Crippen LogP contribution in [-0.4, -0.2) is 23.2 Å². The predicted molar refractivity (Wildman–Crippen MR) is 104 cm³/mol. The quantitative estimate of drug-likeness (QED) is 0.579. The fraction of sp³-hybridized carbons (Fsp3) is 0.158. The van der Waals surface area contributed by atoms with Crippen LogP contribution in [-0.2, 0) is 17.8 Å². The Balaban J connectivity index is 1.67. The third-order valence-corrected chi connectivity index (χ3v) is 5.03. The molecule has 3 aromatic rings. The van der Waals surface area contributed by atoms with Crippen LogP contribution in [0.4, 0.5) is 0 Å². The molecular formula is C19H16BrNO4S. The molecule has 0 saturated carbocycles. The van der Waals surface area contributed by atoms with Gasteiger partial charge in [0.1, 0.15) is 23.1 Å². The molecule has 0 bridgehead atoms. The van der Waals surface area contributed by atoms with Gasteiger partial charge in [0.15, 0.2) is 0 Å². The average Bonchev–Trinajstić information content (AvgIpc) is 3.09. The van der Waals surface area contributed by atoms with Crippen molar-refractivity contribution in [1.82, 2.24) is 4.98 Å². The summed E-state index contributed by atoms with van der Waals surface area (Å²) in [5.41, 5.74) is 2.49. The van der Waals surface area contributed by atoms with Crippen LogP contribution in [0.1, 0.15) is 11.3 Å². The number of carboxylic acids is 1. The lowest BCUT2D eigenvalue weighted by atomic mass is 10.1. The second-order valence-corrected chi connectivity index (χ2v) is 7.27. The second-order valence-electron chi connectivity index (χ2n) is 5.49. The molecule has 134 valence electrons. The number of benzene rings is 2. The van der Waals surface area contributed by atoms with E-state index in [0.29, 0.717) is 12.4 Å². The maximum absolute atomic E-state index is 10.7. The highest BCUT2D eigenvalue weighted by Gasteiger charge is 2.11. The van der Waals surface area contributed by atoms with Gasteiger partial charge in [0.25, 0.3) is 0 Å². The Morgan fingerprint density at radius 3 is 2.69 bits per heavy atom. The van der Waals surface area contributed by atoms with Crippen LogP contribution in [0.15, 0.2) is 52.3 Å². The van der Waals surface area contributed by atoms with E-state index in [4.69, 9.17) is 14.6 Å². The molecule has 1 N–H and O–H groups in total. The smallest absolute Gasteiger partial charge is 0.307 e. The van der Waals surface area contributed by atoms with Crippen molar-refractivity contribution in [3.8, 4) is 22.1 Å². The van der Waals surface area contributed by atoms with E-state index in [2.05, 4.69) is 20.9 Å². The number of hydrogen-bond donors (Lipinski definition) is 1. The number of carbonyl (C=O) groups is 1. The Kier molecular flexibility index (Phi) is 5.90. The third kappa shape index (κ3) is 4.62. The van der Waals surface area contributed by atoms with E-state index >= 15 is 0 Å². The van der Waals surface area contributed by atoms with Crippen molar-refractivity contribution >= 4 is 33.2 Å². The highest BCUT2D eigenvalue weighted by Crippen LogP contribution is 2.34. The van der Waals surface area contributed by atoms with Crippen molar-refractivity contribution in [3.05, 3.63) is 63.6 Å². The number of thiazole rings is 1. The van der Waals surface area contributed by atoms with Crippen molar-refractivity contribution in [2.45, 2.75) is 13.0 Å². The number of ether oxygens (including phenoxy) is 2. The zero-order chi connectivity index (χ0) is 18.5. The van der Waals surface area contributed by atoms with Gasteiger partial charge in [0.2, 0.25) is 0 Å². The summed E-state index contributed by atoms with van der Waals surface area (Å²) in [4.78, 5) is 15.3. The van der Waals surface area contributed by atoms with Gasteiger partial charge in [-0.25, -0.2) is 4.98 Å². The van der Waals surface area contributed by atoms with Crippen molar-refractivity contribution in [2.75, 3.05) is 7.11 Å². The van der Waals surface area contributed by atoms with Gasteiger partial charge in [-0.05, 0) is 35.9 Å². The summed E-state index contributed by atoms with van der Waals surface area (Å²) in [7, 11) is 1.64. The molecule has 0 radical (unpaired) electrons. The van der Waals surface area contributed by atoms with E-state index in [0.717, 1.165) is 32.1 Å². The van der Waals surface area contributed by atoms with Crippen LogP contribution in [0.2, 0.25) is 0 Å². The fourth-order valence-corrected chi connectivity index (χ4v) is 3.57. The molecule has 0 aliphatic carbocycles. The van der Waals surface area contributed by atoms with E-state index in [1.807, 2.05) is 23.6 Å². The lowest BCUT2D eigenvalue weighted by Crippen LogP contribution is -2.00. The Morgan fingerprint density at radius 2 is 2.00 bits per heavy atom. The minimum atomic E-state index is -0.850. The number of hydrogen-bond acceptors (Lipinski definition) is 5. The minimum absolute atomic E-state index is 0.00416. The van der Waals surface area contributed by atoms with Crippen molar-refractivity contribution in [2.24, 2.45) is 0 Å². The molecule has 0 aliphatic heterocycles. The summed E-state index contributed by atoms with van der Waals surface area (Å²) in [5, 5.41) is 11.6. The van der Waals surface area contributed by atoms with Crippen LogP contribution in [0.5, 0.6) is 11.5 Å². The number of aromatic nitrogens is 1. The van der Waals surface area contributed by atoms with Crippen LogP contribution in [0, 0.1) is 0 Å². The topological polar surface area (TPSA) is 68.7 Å². The molecule has 2 aromatic carbocycles. The first kappa shape index (κ1) is 18.4. The Hall–Kier alpha value is -2.38. The van der Waals surface area contributed by atoms with Gasteiger partial charge in [-0.1, -0.05) is 28.1 Å². The molecule has 26 heavy (non-hydrogen) atoms. The van der Waals surface area contributed by atoms with Gasteiger partial charge >= 0.3 is 5.97 Å². The lowest BCUT2D eigenvalue weighted by molar-refractivity contribution is -0.136. The molecule has 0 atom stereocenters. The Bertz CT molecular complexity index is 908. The van der Waals surface area contributed by atoms with Gasteiger partial charge in [-0.15, -0.1) is 11.3 Å². The maximum Gasteiger partial charge on any atom is 0.307 e. The first-order valence-electron chi connectivity index (χ1n) is 7.77. The number of aliphatic carboxylic acids is 1. The van der Waals surface area contributed by atoms with E-state index in [9.17, 15) is 4.79 Å². The number of rotatable bonds is 7. The van der Waals surface area contributed by atoms with Crippen molar-refractivity contribution < 1.29 is 19.4 Å². The summed E-state index contributed by atoms with van der Waals surface area (Å²) in [6.45, 7) is 0.338. The average molecular weight is 434 g/mol. The molecule has 3 rings (SSSR count). The maximum atomic E-state index is 10.7. The number of carboxylic acid groups (broad SMARTS) is 1. The Morgan fingerprint density at radius 1 is 1.23 bits per heavy atom. The van der Waals surface area contributed by atoms with Crippen molar-refractivity contribution in [3.63, 3.8) is 0 Å².